The average Bonchev–Trinajstić information content (AvgIpc) is 2.92. The lowest BCUT2D eigenvalue weighted by Crippen LogP contribution is -2.42. The molecule has 0 aliphatic carbocycles. The van der Waals surface area contributed by atoms with Gasteiger partial charge in [-0.2, -0.15) is 0 Å². The molecule has 0 saturated heterocycles. The molecule has 0 unspecified atom stereocenters. The zero-order chi connectivity index (χ0) is 19.1. The van der Waals surface area contributed by atoms with E-state index in [9.17, 15) is 9.59 Å². The number of hydrogen-bond donors (Lipinski definition) is 2. The van der Waals surface area contributed by atoms with Crippen molar-refractivity contribution in [3.8, 4) is 11.5 Å². The van der Waals surface area contributed by atoms with Crippen molar-refractivity contribution in [3.63, 3.8) is 0 Å². The lowest BCUT2D eigenvalue weighted by atomic mass is 10.2. The van der Waals surface area contributed by atoms with Crippen molar-refractivity contribution < 1.29 is 19.1 Å². The van der Waals surface area contributed by atoms with Crippen LogP contribution in [0.15, 0.2) is 53.4 Å². The molecule has 0 radical (unpaired) electrons. The minimum atomic E-state index is -0.505. The highest BCUT2D eigenvalue weighted by Gasteiger charge is 2.18. The van der Waals surface area contributed by atoms with E-state index in [-0.39, 0.29) is 5.91 Å². The lowest BCUT2D eigenvalue weighted by molar-refractivity contribution is -0.119. The van der Waals surface area contributed by atoms with Gasteiger partial charge in [0, 0.05) is 17.9 Å². The molecule has 27 heavy (non-hydrogen) atoms. The molecule has 1 aliphatic heterocycles. The van der Waals surface area contributed by atoms with Crippen LogP contribution in [0.5, 0.6) is 11.5 Å². The number of carbonyl (C=O) groups is 2. The monoisotopic (exact) mass is 386 g/mol. The molecule has 3 rings (SSSR count). The molecule has 2 aromatic rings. The molecule has 0 spiro atoms. The molecule has 1 heterocycles. The molecule has 2 aromatic carbocycles. The van der Waals surface area contributed by atoms with Crippen LogP contribution in [-0.2, 0) is 11.3 Å². The molecule has 7 heteroatoms. The topological polar surface area (TPSA) is 76.7 Å². The maximum Gasteiger partial charge on any atom is 0.321 e. The molecule has 2 N–H and O–H groups in total. The SMILES string of the molecule is C[C@@H](Sc1ccc2c(c1)OCCCO2)C(=O)NC(=O)NCc1ccccc1. The van der Waals surface area contributed by atoms with Gasteiger partial charge in [-0.1, -0.05) is 30.3 Å². The molecule has 1 atom stereocenters. The van der Waals surface area contributed by atoms with E-state index in [1.54, 1.807) is 6.92 Å². The maximum atomic E-state index is 12.3. The first kappa shape index (κ1) is 19.1. The Kier molecular flexibility index (Phi) is 6.59. The Balaban J connectivity index is 1.50. The Labute approximate surface area is 162 Å². The predicted molar refractivity (Wildman–Crippen MR) is 104 cm³/mol. The second-order valence-electron chi connectivity index (χ2n) is 6.08. The van der Waals surface area contributed by atoms with Crippen LogP contribution in [0.1, 0.15) is 18.9 Å². The summed E-state index contributed by atoms with van der Waals surface area (Å²) in [6.07, 6.45) is 0.841. The molecular formula is C20H22N2O4S. The summed E-state index contributed by atoms with van der Waals surface area (Å²) in [5.41, 5.74) is 0.967. The van der Waals surface area contributed by atoms with E-state index < -0.39 is 11.3 Å². The fourth-order valence-corrected chi connectivity index (χ4v) is 3.41. The minimum Gasteiger partial charge on any atom is -0.490 e. The second kappa shape index (κ2) is 9.32. The quantitative estimate of drug-likeness (QED) is 0.771. The van der Waals surface area contributed by atoms with Crippen LogP contribution in [0.2, 0.25) is 0 Å². The van der Waals surface area contributed by atoms with Crippen molar-refractivity contribution in [2.24, 2.45) is 0 Å². The number of fused-ring (bicyclic) bond motifs is 1. The van der Waals surface area contributed by atoms with Crippen molar-refractivity contribution in [3.05, 3.63) is 54.1 Å². The number of amides is 3. The molecule has 6 nitrogen and oxygen atoms in total. The number of rotatable bonds is 5. The average molecular weight is 386 g/mol. The number of imide groups is 1. The zero-order valence-corrected chi connectivity index (χ0v) is 15.9. The summed E-state index contributed by atoms with van der Waals surface area (Å²) in [7, 11) is 0. The van der Waals surface area contributed by atoms with Gasteiger partial charge in [0.15, 0.2) is 11.5 Å². The van der Waals surface area contributed by atoms with E-state index in [1.165, 1.54) is 11.8 Å². The summed E-state index contributed by atoms with van der Waals surface area (Å²) in [6.45, 7) is 3.37. The van der Waals surface area contributed by atoms with Gasteiger partial charge in [0.05, 0.1) is 18.5 Å². The van der Waals surface area contributed by atoms with E-state index >= 15 is 0 Å². The van der Waals surface area contributed by atoms with E-state index in [4.69, 9.17) is 9.47 Å². The van der Waals surface area contributed by atoms with Gasteiger partial charge in [-0.05, 0) is 30.7 Å². The second-order valence-corrected chi connectivity index (χ2v) is 7.49. The summed E-state index contributed by atoms with van der Waals surface area (Å²) in [4.78, 5) is 25.1. The van der Waals surface area contributed by atoms with Gasteiger partial charge < -0.3 is 14.8 Å². The first-order valence-electron chi connectivity index (χ1n) is 8.81. The summed E-state index contributed by atoms with van der Waals surface area (Å²) < 4.78 is 11.3. The van der Waals surface area contributed by atoms with Gasteiger partial charge in [-0.25, -0.2) is 4.79 Å². The zero-order valence-electron chi connectivity index (χ0n) is 15.1. The van der Waals surface area contributed by atoms with Crippen LogP contribution in [0.4, 0.5) is 4.79 Å². The highest BCUT2D eigenvalue weighted by atomic mass is 32.2. The van der Waals surface area contributed by atoms with Crippen molar-refractivity contribution in [2.75, 3.05) is 13.2 Å². The molecule has 1 aliphatic rings. The Morgan fingerprint density at radius 1 is 1.07 bits per heavy atom. The first-order chi connectivity index (χ1) is 13.1. The van der Waals surface area contributed by atoms with Gasteiger partial charge in [-0.3, -0.25) is 10.1 Å². The minimum absolute atomic E-state index is 0.349. The third-order valence-corrected chi connectivity index (χ3v) is 5.03. The molecule has 0 saturated carbocycles. The van der Waals surface area contributed by atoms with E-state index in [0.29, 0.717) is 31.3 Å². The van der Waals surface area contributed by atoms with E-state index in [0.717, 1.165) is 16.9 Å². The Morgan fingerprint density at radius 3 is 2.59 bits per heavy atom. The number of ether oxygens (including phenoxy) is 2. The fraction of sp³-hybridized carbons (Fsp3) is 0.300. The van der Waals surface area contributed by atoms with Crippen LogP contribution < -0.4 is 20.1 Å². The standard InChI is InChI=1S/C20H22N2O4S/c1-14(19(23)22-20(24)21-13-15-6-3-2-4-7-15)27-16-8-9-17-18(12-16)26-11-5-10-25-17/h2-4,6-9,12,14H,5,10-11,13H2,1H3,(H2,21,22,23,24)/t14-/m1/s1. The highest BCUT2D eigenvalue weighted by molar-refractivity contribution is 8.00. The largest absolute Gasteiger partial charge is 0.490 e. The third kappa shape index (κ3) is 5.65. The van der Waals surface area contributed by atoms with Crippen LogP contribution in [0, 0.1) is 0 Å². The van der Waals surface area contributed by atoms with Crippen LogP contribution in [-0.4, -0.2) is 30.4 Å². The lowest BCUT2D eigenvalue weighted by Gasteiger charge is -2.13. The number of carbonyl (C=O) groups excluding carboxylic acids is 2. The van der Waals surface area contributed by atoms with Gasteiger partial charge >= 0.3 is 6.03 Å². The van der Waals surface area contributed by atoms with Crippen LogP contribution >= 0.6 is 11.8 Å². The molecule has 142 valence electrons. The summed E-state index contributed by atoms with van der Waals surface area (Å²) in [6, 6.07) is 14.6. The molecule has 0 fully saturated rings. The summed E-state index contributed by atoms with van der Waals surface area (Å²) >= 11 is 1.36. The number of hydrogen-bond acceptors (Lipinski definition) is 5. The van der Waals surface area contributed by atoms with Crippen molar-refractivity contribution >= 4 is 23.7 Å². The van der Waals surface area contributed by atoms with Crippen molar-refractivity contribution in [1.82, 2.24) is 10.6 Å². The highest BCUT2D eigenvalue weighted by Crippen LogP contribution is 2.35. The Hall–Kier alpha value is -2.67. The summed E-state index contributed by atoms with van der Waals surface area (Å²) in [5.74, 6) is 1.05. The fourth-order valence-electron chi connectivity index (χ4n) is 2.51. The molecular weight excluding hydrogens is 364 g/mol. The smallest absolute Gasteiger partial charge is 0.321 e. The number of urea groups is 1. The van der Waals surface area contributed by atoms with E-state index in [2.05, 4.69) is 10.6 Å². The maximum absolute atomic E-state index is 12.3. The Morgan fingerprint density at radius 2 is 1.81 bits per heavy atom. The third-order valence-electron chi connectivity index (χ3n) is 3.93. The van der Waals surface area contributed by atoms with E-state index in [1.807, 2.05) is 48.5 Å². The molecule has 0 aromatic heterocycles. The predicted octanol–water partition coefficient (Wildman–Crippen LogP) is 3.35. The Bertz CT molecular complexity index is 798. The normalized spacial score (nSPS) is 14.0. The molecule has 0 bridgehead atoms. The first-order valence-corrected chi connectivity index (χ1v) is 9.69. The van der Waals surface area contributed by atoms with Crippen LogP contribution in [0.25, 0.3) is 0 Å². The number of benzene rings is 2. The van der Waals surface area contributed by atoms with Gasteiger partial charge in [0.2, 0.25) is 5.91 Å². The van der Waals surface area contributed by atoms with Crippen molar-refractivity contribution in [1.29, 1.82) is 0 Å². The summed E-state index contributed by atoms with van der Waals surface area (Å²) in [5, 5.41) is 4.62. The van der Waals surface area contributed by atoms with Crippen LogP contribution in [0.3, 0.4) is 0 Å². The molecule has 3 amide bonds. The van der Waals surface area contributed by atoms with Gasteiger partial charge in [-0.15, -0.1) is 11.8 Å². The number of nitrogens with one attached hydrogen (secondary N) is 2. The van der Waals surface area contributed by atoms with Gasteiger partial charge in [0.25, 0.3) is 0 Å². The van der Waals surface area contributed by atoms with Gasteiger partial charge in [0.1, 0.15) is 0 Å². The number of thioether (sulfide) groups is 1. The van der Waals surface area contributed by atoms with Crippen molar-refractivity contribution in [2.45, 2.75) is 30.0 Å².